The van der Waals surface area contributed by atoms with Crippen LogP contribution in [0.1, 0.15) is 24.0 Å². The van der Waals surface area contributed by atoms with E-state index in [1.165, 1.54) is 4.31 Å². The zero-order valence-electron chi connectivity index (χ0n) is 14.0. The number of carbonyl (C=O) groups excluding carboxylic acids is 1. The first kappa shape index (κ1) is 17.4. The number of morpholine rings is 1. The van der Waals surface area contributed by atoms with E-state index >= 15 is 0 Å². The average molecular weight is 352 g/mol. The molecular formula is C17H24N2O4S. The first-order valence-corrected chi connectivity index (χ1v) is 10.00. The number of aryl methyl sites for hydroxylation is 1. The van der Waals surface area contributed by atoms with Gasteiger partial charge in [0.25, 0.3) is 0 Å². The molecule has 132 valence electrons. The van der Waals surface area contributed by atoms with Gasteiger partial charge in [-0.25, -0.2) is 8.42 Å². The summed E-state index contributed by atoms with van der Waals surface area (Å²) in [4.78, 5) is 14.5. The molecule has 3 rings (SSSR count). The van der Waals surface area contributed by atoms with E-state index in [4.69, 9.17) is 4.74 Å². The van der Waals surface area contributed by atoms with Gasteiger partial charge in [0.1, 0.15) is 6.04 Å². The molecule has 24 heavy (non-hydrogen) atoms. The highest BCUT2D eigenvalue weighted by Crippen LogP contribution is 2.25. The number of carbonyl (C=O) groups is 1. The maximum atomic E-state index is 12.8. The van der Waals surface area contributed by atoms with Crippen LogP contribution in [-0.4, -0.2) is 62.4 Å². The van der Waals surface area contributed by atoms with Crippen LogP contribution in [0.15, 0.2) is 24.3 Å². The fourth-order valence-corrected chi connectivity index (χ4v) is 5.17. The summed E-state index contributed by atoms with van der Waals surface area (Å²) in [5, 5.41) is 0. The molecule has 1 aromatic carbocycles. The van der Waals surface area contributed by atoms with E-state index in [2.05, 4.69) is 0 Å². The van der Waals surface area contributed by atoms with Crippen LogP contribution in [0.2, 0.25) is 0 Å². The molecule has 2 heterocycles. The molecule has 0 aliphatic carbocycles. The van der Waals surface area contributed by atoms with E-state index in [-0.39, 0.29) is 11.7 Å². The Morgan fingerprint density at radius 3 is 2.71 bits per heavy atom. The summed E-state index contributed by atoms with van der Waals surface area (Å²) < 4.78 is 32.4. The fraction of sp³-hybridized carbons (Fsp3) is 0.588. The Morgan fingerprint density at radius 2 is 2.00 bits per heavy atom. The Labute approximate surface area is 143 Å². The minimum absolute atomic E-state index is 0.0540. The summed E-state index contributed by atoms with van der Waals surface area (Å²) in [6, 6.07) is 6.95. The fourth-order valence-electron chi connectivity index (χ4n) is 3.41. The lowest BCUT2D eigenvalue weighted by atomic mass is 10.2. The summed E-state index contributed by atoms with van der Waals surface area (Å²) in [6.07, 6.45) is 1.33. The van der Waals surface area contributed by atoms with Crippen molar-refractivity contribution >= 4 is 15.9 Å². The molecular weight excluding hydrogens is 328 g/mol. The molecule has 0 bridgehead atoms. The van der Waals surface area contributed by atoms with Gasteiger partial charge in [0.05, 0.1) is 19.0 Å². The van der Waals surface area contributed by atoms with Crippen LogP contribution in [0.3, 0.4) is 0 Å². The second-order valence-corrected chi connectivity index (χ2v) is 8.37. The number of rotatable bonds is 4. The van der Waals surface area contributed by atoms with Crippen molar-refractivity contribution in [3.8, 4) is 0 Å². The summed E-state index contributed by atoms with van der Waals surface area (Å²) in [5.41, 5.74) is 1.80. The van der Waals surface area contributed by atoms with E-state index in [0.717, 1.165) is 17.5 Å². The van der Waals surface area contributed by atoms with Gasteiger partial charge in [0.15, 0.2) is 0 Å². The van der Waals surface area contributed by atoms with Crippen LogP contribution < -0.4 is 0 Å². The molecule has 2 aliphatic heterocycles. The summed E-state index contributed by atoms with van der Waals surface area (Å²) in [7, 11) is -3.51. The monoisotopic (exact) mass is 352 g/mol. The van der Waals surface area contributed by atoms with E-state index in [9.17, 15) is 13.2 Å². The molecule has 6 nitrogen and oxygen atoms in total. The molecule has 7 heteroatoms. The summed E-state index contributed by atoms with van der Waals surface area (Å²) in [5.74, 6) is -0.134. The Morgan fingerprint density at radius 1 is 1.25 bits per heavy atom. The van der Waals surface area contributed by atoms with Gasteiger partial charge in [0.2, 0.25) is 15.9 Å². The minimum atomic E-state index is -3.51. The van der Waals surface area contributed by atoms with Crippen molar-refractivity contribution in [3.63, 3.8) is 0 Å². The van der Waals surface area contributed by atoms with Crippen LogP contribution in [0.5, 0.6) is 0 Å². The zero-order chi connectivity index (χ0) is 17.2. The molecule has 1 aromatic rings. The topological polar surface area (TPSA) is 66.9 Å². The molecule has 0 saturated carbocycles. The lowest BCUT2D eigenvalue weighted by Gasteiger charge is -2.32. The average Bonchev–Trinajstić information content (AvgIpc) is 3.05. The van der Waals surface area contributed by atoms with Gasteiger partial charge in [0, 0.05) is 19.6 Å². The van der Waals surface area contributed by atoms with Crippen LogP contribution in [0.4, 0.5) is 0 Å². The molecule has 0 aromatic heterocycles. The van der Waals surface area contributed by atoms with Gasteiger partial charge >= 0.3 is 0 Å². The van der Waals surface area contributed by atoms with Crippen LogP contribution in [0, 0.1) is 6.92 Å². The highest BCUT2D eigenvalue weighted by atomic mass is 32.2. The van der Waals surface area contributed by atoms with Crippen molar-refractivity contribution in [1.29, 1.82) is 0 Å². The van der Waals surface area contributed by atoms with Crippen LogP contribution in [-0.2, 0) is 25.3 Å². The number of sulfonamides is 1. The lowest BCUT2D eigenvalue weighted by Crippen LogP contribution is -2.51. The maximum Gasteiger partial charge on any atom is 0.241 e. The Hall–Kier alpha value is -1.44. The largest absolute Gasteiger partial charge is 0.378 e. The third-order valence-corrected chi connectivity index (χ3v) is 6.45. The number of hydrogen-bond donors (Lipinski definition) is 0. The van der Waals surface area contributed by atoms with Gasteiger partial charge in [-0.15, -0.1) is 0 Å². The van der Waals surface area contributed by atoms with E-state index in [1.807, 2.05) is 31.2 Å². The molecule has 2 aliphatic rings. The van der Waals surface area contributed by atoms with Crippen molar-refractivity contribution in [2.45, 2.75) is 31.6 Å². The van der Waals surface area contributed by atoms with Gasteiger partial charge < -0.3 is 9.64 Å². The molecule has 0 N–H and O–H groups in total. The van der Waals surface area contributed by atoms with Crippen molar-refractivity contribution < 1.29 is 17.9 Å². The molecule has 2 saturated heterocycles. The smallest absolute Gasteiger partial charge is 0.241 e. The number of nitrogens with zero attached hydrogens (tertiary/aromatic N) is 2. The maximum absolute atomic E-state index is 12.8. The summed E-state index contributed by atoms with van der Waals surface area (Å²) >= 11 is 0. The predicted molar refractivity (Wildman–Crippen MR) is 90.9 cm³/mol. The first-order valence-electron chi connectivity index (χ1n) is 8.39. The number of benzene rings is 1. The van der Waals surface area contributed by atoms with Crippen LogP contribution in [0.25, 0.3) is 0 Å². The van der Waals surface area contributed by atoms with Crippen molar-refractivity contribution in [2.75, 3.05) is 32.8 Å². The van der Waals surface area contributed by atoms with Gasteiger partial charge in [-0.05, 0) is 25.3 Å². The second kappa shape index (κ2) is 7.21. The van der Waals surface area contributed by atoms with E-state index in [0.29, 0.717) is 39.3 Å². The van der Waals surface area contributed by atoms with Gasteiger partial charge in [-0.2, -0.15) is 4.31 Å². The van der Waals surface area contributed by atoms with Crippen molar-refractivity contribution in [2.24, 2.45) is 0 Å². The first-order chi connectivity index (χ1) is 11.5. The van der Waals surface area contributed by atoms with Gasteiger partial charge in [-0.3, -0.25) is 4.79 Å². The number of amides is 1. The standard InChI is InChI=1S/C17H24N2O4S/c1-14-4-2-5-15(12-14)13-24(21,22)19-7-3-6-16(19)17(20)18-8-10-23-11-9-18/h2,4-5,12,16H,3,6-11,13H2,1H3/t16-/m1/s1. The Balaban J connectivity index is 1.74. The van der Waals surface area contributed by atoms with Crippen LogP contribution >= 0.6 is 0 Å². The molecule has 0 unspecified atom stereocenters. The minimum Gasteiger partial charge on any atom is -0.378 e. The molecule has 1 amide bonds. The predicted octanol–water partition coefficient (Wildman–Crippen LogP) is 1.15. The molecule has 2 fully saturated rings. The van der Waals surface area contributed by atoms with E-state index < -0.39 is 16.1 Å². The normalized spacial score (nSPS) is 22.7. The molecule has 0 spiro atoms. The second-order valence-electron chi connectivity index (χ2n) is 6.45. The van der Waals surface area contributed by atoms with Crippen molar-refractivity contribution in [1.82, 2.24) is 9.21 Å². The SMILES string of the molecule is Cc1cccc(CS(=O)(=O)N2CCC[C@@H]2C(=O)N2CCOCC2)c1. The lowest BCUT2D eigenvalue weighted by molar-refractivity contribution is -0.138. The summed E-state index contributed by atoms with van der Waals surface area (Å²) in [6.45, 7) is 4.50. The Kier molecular flexibility index (Phi) is 5.22. The highest BCUT2D eigenvalue weighted by molar-refractivity contribution is 7.88. The highest BCUT2D eigenvalue weighted by Gasteiger charge is 2.40. The Bertz CT molecular complexity index is 698. The van der Waals surface area contributed by atoms with Crippen molar-refractivity contribution in [3.05, 3.63) is 35.4 Å². The number of hydrogen-bond acceptors (Lipinski definition) is 4. The van der Waals surface area contributed by atoms with Gasteiger partial charge in [-0.1, -0.05) is 29.8 Å². The van der Waals surface area contributed by atoms with E-state index in [1.54, 1.807) is 4.90 Å². The molecule has 1 atom stereocenters. The third-order valence-electron chi connectivity index (χ3n) is 4.60. The molecule has 0 radical (unpaired) electrons. The zero-order valence-corrected chi connectivity index (χ0v) is 14.8. The third kappa shape index (κ3) is 3.79. The quantitative estimate of drug-likeness (QED) is 0.815. The number of ether oxygens (including phenoxy) is 1.